The SMILES string of the molecule is N#C/C(=C/NCc1cccnc1)C(=O)N1CCCc2ccccc21. The summed E-state index contributed by atoms with van der Waals surface area (Å²) in [5.41, 5.74) is 3.15. The van der Waals surface area contributed by atoms with Gasteiger partial charge in [-0.3, -0.25) is 9.78 Å². The van der Waals surface area contributed by atoms with Gasteiger partial charge in [0.2, 0.25) is 0 Å². The van der Waals surface area contributed by atoms with Gasteiger partial charge < -0.3 is 10.2 Å². The van der Waals surface area contributed by atoms with Crippen molar-refractivity contribution in [2.45, 2.75) is 19.4 Å². The molecule has 1 amide bonds. The molecule has 0 unspecified atom stereocenters. The molecule has 0 bridgehead atoms. The molecule has 0 spiro atoms. The van der Waals surface area contributed by atoms with Gasteiger partial charge in [0.05, 0.1) is 0 Å². The molecule has 0 atom stereocenters. The number of amides is 1. The third-order valence-corrected chi connectivity index (χ3v) is 3.98. The van der Waals surface area contributed by atoms with Crippen LogP contribution in [-0.2, 0) is 17.8 Å². The van der Waals surface area contributed by atoms with Crippen LogP contribution in [0, 0.1) is 11.3 Å². The molecule has 0 aliphatic carbocycles. The van der Waals surface area contributed by atoms with Crippen molar-refractivity contribution < 1.29 is 4.79 Å². The van der Waals surface area contributed by atoms with Crippen LogP contribution in [0.2, 0.25) is 0 Å². The van der Waals surface area contributed by atoms with E-state index in [1.807, 2.05) is 42.5 Å². The van der Waals surface area contributed by atoms with Gasteiger partial charge >= 0.3 is 0 Å². The maximum Gasteiger partial charge on any atom is 0.270 e. The molecule has 0 saturated carbocycles. The number of rotatable bonds is 4. The minimum Gasteiger partial charge on any atom is -0.386 e. The Morgan fingerprint density at radius 1 is 1.33 bits per heavy atom. The number of aryl methyl sites for hydroxylation is 1. The summed E-state index contributed by atoms with van der Waals surface area (Å²) in [5, 5.41) is 12.4. The van der Waals surface area contributed by atoms with Gasteiger partial charge in [0.25, 0.3) is 5.91 Å². The van der Waals surface area contributed by atoms with Gasteiger partial charge in [-0.05, 0) is 36.1 Å². The van der Waals surface area contributed by atoms with E-state index in [2.05, 4.69) is 10.3 Å². The smallest absolute Gasteiger partial charge is 0.270 e. The number of carbonyl (C=O) groups is 1. The Hall–Kier alpha value is -3.13. The molecule has 0 radical (unpaired) electrons. The minimum atomic E-state index is -0.261. The van der Waals surface area contributed by atoms with Crippen LogP contribution < -0.4 is 10.2 Å². The molecule has 5 nitrogen and oxygen atoms in total. The number of hydrogen-bond donors (Lipinski definition) is 1. The number of anilines is 1. The molecule has 24 heavy (non-hydrogen) atoms. The number of nitriles is 1. The second-order valence-corrected chi connectivity index (χ2v) is 5.60. The molecule has 0 fully saturated rings. The Labute approximate surface area is 141 Å². The highest BCUT2D eigenvalue weighted by molar-refractivity contribution is 6.08. The van der Waals surface area contributed by atoms with Gasteiger partial charge in [0.15, 0.2) is 0 Å². The van der Waals surface area contributed by atoms with E-state index in [9.17, 15) is 10.1 Å². The zero-order chi connectivity index (χ0) is 16.8. The van der Waals surface area contributed by atoms with E-state index in [0.717, 1.165) is 29.7 Å². The van der Waals surface area contributed by atoms with E-state index in [0.29, 0.717) is 13.1 Å². The van der Waals surface area contributed by atoms with Crippen molar-refractivity contribution in [3.63, 3.8) is 0 Å². The lowest BCUT2D eigenvalue weighted by atomic mass is 10.0. The zero-order valence-electron chi connectivity index (χ0n) is 13.3. The average molecular weight is 318 g/mol. The molecule has 5 heteroatoms. The second kappa shape index (κ2) is 7.42. The lowest BCUT2D eigenvalue weighted by molar-refractivity contribution is -0.114. The Morgan fingerprint density at radius 3 is 3.00 bits per heavy atom. The number of nitrogens with zero attached hydrogens (tertiary/aromatic N) is 3. The lowest BCUT2D eigenvalue weighted by Crippen LogP contribution is -2.36. The van der Waals surface area contributed by atoms with Crippen molar-refractivity contribution in [3.05, 3.63) is 71.7 Å². The molecule has 2 heterocycles. The van der Waals surface area contributed by atoms with Crippen molar-refractivity contribution in [2.75, 3.05) is 11.4 Å². The average Bonchev–Trinajstić information content (AvgIpc) is 2.65. The van der Waals surface area contributed by atoms with Crippen LogP contribution in [-0.4, -0.2) is 17.4 Å². The van der Waals surface area contributed by atoms with Crippen LogP contribution in [0.4, 0.5) is 5.69 Å². The summed E-state index contributed by atoms with van der Waals surface area (Å²) in [6.07, 6.45) is 6.81. The fraction of sp³-hybridized carbons (Fsp3) is 0.211. The predicted molar refractivity (Wildman–Crippen MR) is 91.9 cm³/mol. The van der Waals surface area contributed by atoms with Gasteiger partial charge in [-0.25, -0.2) is 0 Å². The summed E-state index contributed by atoms with van der Waals surface area (Å²) in [6.45, 7) is 1.15. The number of carbonyl (C=O) groups excluding carboxylic acids is 1. The fourth-order valence-electron chi connectivity index (χ4n) is 2.81. The first-order chi connectivity index (χ1) is 11.8. The monoisotopic (exact) mass is 318 g/mol. The largest absolute Gasteiger partial charge is 0.386 e. The molecule has 0 saturated heterocycles. The first-order valence-corrected chi connectivity index (χ1v) is 7.92. The number of fused-ring (bicyclic) bond motifs is 1. The first-order valence-electron chi connectivity index (χ1n) is 7.92. The summed E-state index contributed by atoms with van der Waals surface area (Å²) in [4.78, 5) is 18.4. The Morgan fingerprint density at radius 2 is 2.21 bits per heavy atom. The number of nitrogens with one attached hydrogen (secondary N) is 1. The van der Waals surface area contributed by atoms with E-state index < -0.39 is 0 Å². The molecule has 1 aliphatic heterocycles. The highest BCUT2D eigenvalue weighted by atomic mass is 16.2. The highest BCUT2D eigenvalue weighted by Crippen LogP contribution is 2.27. The van der Waals surface area contributed by atoms with Gasteiger partial charge in [-0.15, -0.1) is 0 Å². The van der Waals surface area contributed by atoms with Crippen molar-refractivity contribution in [1.82, 2.24) is 10.3 Å². The third-order valence-electron chi connectivity index (χ3n) is 3.98. The molecular formula is C19H18N4O. The number of hydrogen-bond acceptors (Lipinski definition) is 4. The normalized spacial score (nSPS) is 13.8. The van der Waals surface area contributed by atoms with Crippen molar-refractivity contribution in [2.24, 2.45) is 0 Å². The van der Waals surface area contributed by atoms with Crippen molar-refractivity contribution in [1.29, 1.82) is 5.26 Å². The van der Waals surface area contributed by atoms with E-state index in [1.54, 1.807) is 17.3 Å². The summed E-state index contributed by atoms with van der Waals surface area (Å²) in [5.74, 6) is -0.261. The summed E-state index contributed by atoms with van der Waals surface area (Å²) < 4.78 is 0. The van der Waals surface area contributed by atoms with Gasteiger partial charge in [-0.1, -0.05) is 24.3 Å². The fourth-order valence-corrected chi connectivity index (χ4v) is 2.81. The van der Waals surface area contributed by atoms with E-state index in [-0.39, 0.29) is 11.5 Å². The Kier molecular flexibility index (Phi) is 4.87. The Bertz CT molecular complexity index is 793. The van der Waals surface area contributed by atoms with Crippen LogP contribution in [0.25, 0.3) is 0 Å². The molecule has 1 aromatic carbocycles. The number of pyridine rings is 1. The third kappa shape index (κ3) is 3.44. The van der Waals surface area contributed by atoms with E-state index >= 15 is 0 Å². The Balaban J connectivity index is 1.73. The molecule has 120 valence electrons. The first kappa shape index (κ1) is 15.8. The number of benzene rings is 1. The maximum absolute atomic E-state index is 12.7. The van der Waals surface area contributed by atoms with Crippen LogP contribution in [0.15, 0.2) is 60.6 Å². The summed E-state index contributed by atoms with van der Waals surface area (Å²) in [6, 6.07) is 13.7. The molecule has 2 aromatic rings. The van der Waals surface area contributed by atoms with Gasteiger partial charge in [0, 0.05) is 37.4 Å². The van der Waals surface area contributed by atoms with Crippen molar-refractivity contribution >= 4 is 11.6 Å². The van der Waals surface area contributed by atoms with Crippen molar-refractivity contribution in [3.8, 4) is 6.07 Å². The number of aromatic nitrogens is 1. The minimum absolute atomic E-state index is 0.107. The summed E-state index contributed by atoms with van der Waals surface area (Å²) in [7, 11) is 0. The predicted octanol–water partition coefficient (Wildman–Crippen LogP) is 2.56. The molecule has 1 aliphatic rings. The second-order valence-electron chi connectivity index (χ2n) is 5.60. The number of para-hydroxylation sites is 1. The topological polar surface area (TPSA) is 69.0 Å². The molecular weight excluding hydrogens is 300 g/mol. The molecule has 3 rings (SSSR count). The molecule has 1 N–H and O–H groups in total. The quantitative estimate of drug-likeness (QED) is 0.695. The van der Waals surface area contributed by atoms with E-state index in [4.69, 9.17) is 0 Å². The molecule has 1 aromatic heterocycles. The van der Waals surface area contributed by atoms with Crippen LogP contribution in [0.5, 0.6) is 0 Å². The van der Waals surface area contributed by atoms with Crippen LogP contribution in [0.3, 0.4) is 0 Å². The maximum atomic E-state index is 12.7. The summed E-state index contributed by atoms with van der Waals surface area (Å²) >= 11 is 0. The zero-order valence-corrected chi connectivity index (χ0v) is 13.3. The van der Waals surface area contributed by atoms with Gasteiger partial charge in [-0.2, -0.15) is 5.26 Å². The van der Waals surface area contributed by atoms with Gasteiger partial charge in [0.1, 0.15) is 11.6 Å². The lowest BCUT2D eigenvalue weighted by Gasteiger charge is -2.29. The highest BCUT2D eigenvalue weighted by Gasteiger charge is 2.24. The van der Waals surface area contributed by atoms with Crippen LogP contribution in [0.1, 0.15) is 17.5 Å². The van der Waals surface area contributed by atoms with Crippen LogP contribution >= 0.6 is 0 Å². The standard InChI is InChI=1S/C19H18N4O/c20-11-17(14-22-13-15-5-3-9-21-12-15)19(24)23-10-4-7-16-6-1-2-8-18(16)23/h1-3,5-6,8-9,12,14,22H,4,7,10,13H2/b17-14-. The van der Waals surface area contributed by atoms with E-state index in [1.165, 1.54) is 6.20 Å².